The van der Waals surface area contributed by atoms with Gasteiger partial charge in [0.1, 0.15) is 5.75 Å². The van der Waals surface area contributed by atoms with Crippen LogP contribution in [0.1, 0.15) is 0 Å². The van der Waals surface area contributed by atoms with Crippen LogP contribution in [0.3, 0.4) is 0 Å². The summed E-state index contributed by atoms with van der Waals surface area (Å²) in [6.45, 7) is 0. The van der Waals surface area contributed by atoms with Crippen LogP contribution in [0.15, 0.2) is 100.0 Å². The van der Waals surface area contributed by atoms with Gasteiger partial charge in [-0.2, -0.15) is 5.11 Å². The monoisotopic (exact) mass is 424 g/mol. The summed E-state index contributed by atoms with van der Waals surface area (Å²) in [5.41, 5.74) is 2.53. The van der Waals surface area contributed by atoms with Gasteiger partial charge in [0.15, 0.2) is 4.77 Å². The van der Waals surface area contributed by atoms with Crippen LogP contribution in [0.2, 0.25) is 0 Å². The van der Waals surface area contributed by atoms with Gasteiger partial charge in [0.2, 0.25) is 0 Å². The molecule has 0 radical (unpaired) electrons. The van der Waals surface area contributed by atoms with Gasteiger partial charge < -0.3 is 10.1 Å². The molecule has 4 aromatic carbocycles. The summed E-state index contributed by atoms with van der Waals surface area (Å²) in [5, 5.41) is 20.7. The Bertz CT molecular complexity index is 1580. The lowest BCUT2D eigenvalue weighted by molar-refractivity contribution is 0.476. The third-order valence-corrected chi connectivity index (χ3v) is 5.31. The highest BCUT2D eigenvalue weighted by molar-refractivity contribution is 7.71. The molecule has 0 unspecified atom stereocenters. The summed E-state index contributed by atoms with van der Waals surface area (Å²) >= 11 is 5.40. The molecule has 2 N–H and O–H groups in total. The van der Waals surface area contributed by atoms with Crippen LogP contribution in [0.25, 0.3) is 27.4 Å². The second kappa shape index (κ2) is 7.62. The molecule has 0 aliphatic rings. The van der Waals surface area contributed by atoms with Crippen LogP contribution < -0.4 is 5.56 Å². The zero-order valence-corrected chi connectivity index (χ0v) is 17.0. The van der Waals surface area contributed by atoms with Crippen LogP contribution in [-0.2, 0) is 0 Å². The number of para-hydroxylation sites is 1. The summed E-state index contributed by atoms with van der Waals surface area (Å²) in [5.74, 6) is 0.208. The molecule has 150 valence electrons. The Morgan fingerprint density at radius 1 is 0.839 bits per heavy atom. The van der Waals surface area contributed by atoms with Gasteiger partial charge in [0.25, 0.3) is 5.56 Å². The SMILES string of the molecule is O=c1c2ccccc2[nH]c(=S)n1-c1ccc(N=Nc2cccc3cc(O)ccc23)cc1. The minimum atomic E-state index is -0.173. The molecule has 5 rings (SSSR count). The number of nitrogens with one attached hydrogen (secondary N) is 1. The van der Waals surface area contributed by atoms with Crippen LogP contribution in [0, 0.1) is 4.77 Å². The van der Waals surface area contributed by atoms with Crippen LogP contribution in [-0.4, -0.2) is 14.7 Å². The Kier molecular flexibility index (Phi) is 4.65. The largest absolute Gasteiger partial charge is 0.508 e. The molecular weight excluding hydrogens is 408 g/mol. The summed E-state index contributed by atoms with van der Waals surface area (Å²) in [6.07, 6.45) is 0. The van der Waals surface area contributed by atoms with E-state index in [-0.39, 0.29) is 11.3 Å². The number of hydrogen-bond donors (Lipinski definition) is 2. The van der Waals surface area contributed by atoms with Crippen molar-refractivity contribution in [3.05, 3.63) is 100 Å². The number of nitrogens with zero attached hydrogens (tertiary/aromatic N) is 3. The molecule has 0 saturated carbocycles. The molecule has 0 spiro atoms. The Morgan fingerprint density at radius 2 is 1.65 bits per heavy atom. The zero-order valence-electron chi connectivity index (χ0n) is 16.2. The summed E-state index contributed by atoms with van der Waals surface area (Å²) in [7, 11) is 0. The quantitative estimate of drug-likeness (QED) is 0.262. The van der Waals surface area contributed by atoms with E-state index in [1.165, 1.54) is 4.57 Å². The molecule has 1 heterocycles. The maximum Gasteiger partial charge on any atom is 0.266 e. The lowest BCUT2D eigenvalue weighted by atomic mass is 10.1. The number of aromatic amines is 1. The van der Waals surface area contributed by atoms with Crippen molar-refractivity contribution in [2.24, 2.45) is 10.2 Å². The molecule has 0 aliphatic heterocycles. The van der Waals surface area contributed by atoms with Crippen LogP contribution >= 0.6 is 12.2 Å². The van der Waals surface area contributed by atoms with Gasteiger partial charge >= 0.3 is 0 Å². The molecule has 0 atom stereocenters. The van der Waals surface area contributed by atoms with Crippen molar-refractivity contribution in [3.8, 4) is 11.4 Å². The predicted molar refractivity (Wildman–Crippen MR) is 125 cm³/mol. The average molecular weight is 424 g/mol. The van der Waals surface area contributed by atoms with E-state index in [4.69, 9.17) is 12.2 Å². The van der Waals surface area contributed by atoms with Crippen LogP contribution in [0.5, 0.6) is 5.75 Å². The Morgan fingerprint density at radius 3 is 2.48 bits per heavy atom. The molecule has 1 aromatic heterocycles. The highest BCUT2D eigenvalue weighted by atomic mass is 32.1. The smallest absolute Gasteiger partial charge is 0.266 e. The summed E-state index contributed by atoms with van der Waals surface area (Å²) in [4.78, 5) is 16.0. The predicted octanol–water partition coefficient (Wildman–Crippen LogP) is 6.32. The van der Waals surface area contributed by atoms with Gasteiger partial charge in [-0.1, -0.05) is 24.3 Å². The van der Waals surface area contributed by atoms with Crippen molar-refractivity contribution in [2.75, 3.05) is 0 Å². The molecule has 6 nitrogen and oxygen atoms in total. The fourth-order valence-electron chi connectivity index (χ4n) is 3.52. The topological polar surface area (TPSA) is 82.7 Å². The van der Waals surface area contributed by atoms with Crippen LogP contribution in [0.4, 0.5) is 11.4 Å². The lowest BCUT2D eigenvalue weighted by Crippen LogP contribution is -2.20. The van der Waals surface area contributed by atoms with E-state index in [0.29, 0.717) is 32.7 Å². The number of phenols is 1. The molecule has 0 amide bonds. The minimum Gasteiger partial charge on any atom is -0.508 e. The van der Waals surface area contributed by atoms with Gasteiger partial charge in [-0.05, 0) is 78.3 Å². The molecule has 5 aromatic rings. The van der Waals surface area contributed by atoms with E-state index in [9.17, 15) is 9.90 Å². The van der Waals surface area contributed by atoms with E-state index < -0.39 is 0 Å². The number of fused-ring (bicyclic) bond motifs is 2. The van der Waals surface area contributed by atoms with Gasteiger partial charge in [0, 0.05) is 5.39 Å². The first-order chi connectivity index (χ1) is 15.1. The number of azo groups is 1. The lowest BCUT2D eigenvalue weighted by Gasteiger charge is -2.08. The first kappa shape index (κ1) is 18.9. The van der Waals surface area contributed by atoms with Crippen molar-refractivity contribution < 1.29 is 5.11 Å². The van der Waals surface area contributed by atoms with Gasteiger partial charge in [-0.3, -0.25) is 9.36 Å². The number of phenolic OH excluding ortho intramolecular Hbond substituents is 1. The number of H-pyrrole nitrogens is 1. The number of benzene rings is 4. The normalized spacial score (nSPS) is 11.5. The fourth-order valence-corrected chi connectivity index (χ4v) is 3.82. The van der Waals surface area contributed by atoms with Crippen molar-refractivity contribution in [1.82, 2.24) is 9.55 Å². The second-order valence-electron chi connectivity index (χ2n) is 7.02. The molecule has 0 fully saturated rings. The second-order valence-corrected chi connectivity index (χ2v) is 7.40. The van der Waals surface area contributed by atoms with Crippen molar-refractivity contribution >= 4 is 45.3 Å². The third kappa shape index (κ3) is 3.51. The van der Waals surface area contributed by atoms with E-state index in [2.05, 4.69) is 15.2 Å². The number of aromatic hydroxyl groups is 1. The molecule has 31 heavy (non-hydrogen) atoms. The highest BCUT2D eigenvalue weighted by Crippen LogP contribution is 2.30. The zero-order chi connectivity index (χ0) is 21.4. The molecule has 0 saturated heterocycles. The first-order valence-corrected chi connectivity index (χ1v) is 9.99. The fraction of sp³-hybridized carbons (Fsp3) is 0. The molecular formula is C24H16N4O2S. The van der Waals surface area contributed by atoms with E-state index in [0.717, 1.165) is 10.8 Å². The minimum absolute atomic E-state index is 0.173. The van der Waals surface area contributed by atoms with E-state index in [1.807, 2.05) is 42.5 Å². The van der Waals surface area contributed by atoms with Crippen molar-refractivity contribution in [3.63, 3.8) is 0 Å². The standard InChI is InChI=1S/C24H16N4O2S/c29-18-12-13-19-15(14-18)4-3-7-22(19)27-26-16-8-10-17(11-9-16)28-23(30)20-5-1-2-6-21(20)25-24(28)31/h1-14,29H,(H,25,31). The Hall–Kier alpha value is -4.10. The molecule has 7 heteroatoms. The van der Waals surface area contributed by atoms with E-state index >= 15 is 0 Å². The number of aromatic nitrogens is 2. The molecule has 0 bridgehead atoms. The van der Waals surface area contributed by atoms with Crippen molar-refractivity contribution in [2.45, 2.75) is 0 Å². The third-order valence-electron chi connectivity index (χ3n) is 5.03. The number of hydrogen-bond acceptors (Lipinski definition) is 5. The maximum absolute atomic E-state index is 12.9. The Balaban J connectivity index is 1.50. The Labute approximate surface area is 181 Å². The highest BCUT2D eigenvalue weighted by Gasteiger charge is 2.07. The van der Waals surface area contributed by atoms with Gasteiger partial charge in [0.05, 0.1) is 28.0 Å². The van der Waals surface area contributed by atoms with Crippen molar-refractivity contribution in [1.29, 1.82) is 0 Å². The maximum atomic E-state index is 12.9. The van der Waals surface area contributed by atoms with Gasteiger partial charge in [-0.15, -0.1) is 5.11 Å². The number of rotatable bonds is 3. The van der Waals surface area contributed by atoms with Gasteiger partial charge in [-0.25, -0.2) is 0 Å². The summed E-state index contributed by atoms with van der Waals surface area (Å²) in [6, 6.07) is 25.2. The molecule has 0 aliphatic carbocycles. The summed E-state index contributed by atoms with van der Waals surface area (Å²) < 4.78 is 1.80. The first-order valence-electron chi connectivity index (χ1n) is 9.58. The van der Waals surface area contributed by atoms with E-state index in [1.54, 1.807) is 42.5 Å². The average Bonchev–Trinajstić information content (AvgIpc) is 2.78.